The molecule has 122 valence electrons. The van der Waals surface area contributed by atoms with Gasteiger partial charge in [0.05, 0.1) is 17.3 Å². The Morgan fingerprint density at radius 2 is 1.88 bits per heavy atom. The van der Waals surface area contributed by atoms with Crippen molar-refractivity contribution < 1.29 is 9.90 Å². The lowest BCUT2D eigenvalue weighted by molar-refractivity contribution is 0.0697. The lowest BCUT2D eigenvalue weighted by atomic mass is 9.76. The van der Waals surface area contributed by atoms with Crippen molar-refractivity contribution >= 4 is 43.5 Å². The average Bonchev–Trinajstić information content (AvgIpc) is 3.04. The molecule has 4 rings (SSSR count). The monoisotopic (exact) mass is 447 g/mol. The smallest absolute Gasteiger partial charge is 0.337 e. The van der Waals surface area contributed by atoms with E-state index in [0.717, 1.165) is 26.6 Å². The molecule has 2 aromatic rings. The Morgan fingerprint density at radius 3 is 2.58 bits per heavy atom. The molecule has 0 unspecified atom stereocenters. The van der Waals surface area contributed by atoms with Crippen LogP contribution in [0.2, 0.25) is 0 Å². The highest BCUT2D eigenvalue weighted by Gasteiger charge is 2.39. The number of hydrogen-bond donors (Lipinski definition) is 2. The van der Waals surface area contributed by atoms with Gasteiger partial charge in [0.1, 0.15) is 0 Å². The molecule has 2 aliphatic rings. The Bertz CT molecular complexity index is 845. The maximum Gasteiger partial charge on any atom is 0.337 e. The van der Waals surface area contributed by atoms with E-state index in [4.69, 9.17) is 0 Å². The van der Waals surface area contributed by atoms with Gasteiger partial charge in [-0.15, -0.1) is 0 Å². The molecule has 0 bridgehead atoms. The number of allylic oxidation sites excluding steroid dienone is 2. The lowest BCUT2D eigenvalue weighted by Gasteiger charge is -2.38. The van der Waals surface area contributed by atoms with Crippen molar-refractivity contribution in [2.75, 3.05) is 5.32 Å². The minimum atomic E-state index is -0.907. The fraction of sp³-hybridized carbons (Fsp3) is 0.211. The fourth-order valence-electron chi connectivity index (χ4n) is 3.83. The number of rotatable bonds is 2. The SMILES string of the molecule is O=C(O)c1cc(Br)cc2c1N[C@@H](c1ccc(Br)cc1)[C@H]1CC=C[C@H]21. The maximum absolute atomic E-state index is 11.7. The van der Waals surface area contributed by atoms with Gasteiger partial charge in [0.15, 0.2) is 0 Å². The van der Waals surface area contributed by atoms with Gasteiger partial charge in [0.2, 0.25) is 0 Å². The molecule has 1 heterocycles. The highest BCUT2D eigenvalue weighted by Crippen LogP contribution is 2.51. The van der Waals surface area contributed by atoms with Crippen LogP contribution in [-0.2, 0) is 0 Å². The number of carboxylic acids is 1. The molecule has 3 atom stereocenters. The molecule has 0 fully saturated rings. The first-order valence-electron chi connectivity index (χ1n) is 7.80. The minimum Gasteiger partial charge on any atom is -0.478 e. The Labute approximate surface area is 157 Å². The van der Waals surface area contributed by atoms with Crippen LogP contribution < -0.4 is 5.32 Å². The number of carbonyl (C=O) groups is 1. The van der Waals surface area contributed by atoms with Gasteiger partial charge in [-0.1, -0.05) is 56.1 Å². The van der Waals surface area contributed by atoms with E-state index >= 15 is 0 Å². The van der Waals surface area contributed by atoms with Crippen LogP contribution in [0.4, 0.5) is 5.69 Å². The molecule has 0 saturated heterocycles. The second kappa shape index (κ2) is 6.05. The summed E-state index contributed by atoms with van der Waals surface area (Å²) in [5.41, 5.74) is 3.31. The van der Waals surface area contributed by atoms with Crippen molar-refractivity contribution in [2.24, 2.45) is 5.92 Å². The predicted molar refractivity (Wildman–Crippen MR) is 102 cm³/mol. The number of aromatic carboxylic acids is 1. The van der Waals surface area contributed by atoms with Crippen LogP contribution in [0.3, 0.4) is 0 Å². The molecule has 0 radical (unpaired) electrons. The largest absolute Gasteiger partial charge is 0.478 e. The molecule has 2 N–H and O–H groups in total. The molecule has 1 aliphatic heterocycles. The van der Waals surface area contributed by atoms with Gasteiger partial charge in [0, 0.05) is 14.9 Å². The second-order valence-corrected chi connectivity index (χ2v) is 8.08. The van der Waals surface area contributed by atoms with Crippen molar-refractivity contribution in [1.29, 1.82) is 0 Å². The minimum absolute atomic E-state index is 0.102. The Hall–Kier alpha value is -1.59. The summed E-state index contributed by atoms with van der Waals surface area (Å²) in [5, 5.41) is 13.1. The molecule has 2 aromatic carbocycles. The van der Waals surface area contributed by atoms with Gasteiger partial charge in [-0.3, -0.25) is 0 Å². The van der Waals surface area contributed by atoms with Crippen molar-refractivity contribution in [3.63, 3.8) is 0 Å². The average molecular weight is 449 g/mol. The summed E-state index contributed by atoms with van der Waals surface area (Å²) in [6.45, 7) is 0. The molecular weight excluding hydrogens is 434 g/mol. The Kier molecular flexibility index (Phi) is 4.01. The summed E-state index contributed by atoms with van der Waals surface area (Å²) in [4.78, 5) is 11.7. The van der Waals surface area contributed by atoms with Crippen LogP contribution in [0.15, 0.2) is 57.5 Å². The summed E-state index contributed by atoms with van der Waals surface area (Å²) < 4.78 is 1.85. The summed E-state index contributed by atoms with van der Waals surface area (Å²) >= 11 is 6.93. The summed E-state index contributed by atoms with van der Waals surface area (Å²) in [7, 11) is 0. The maximum atomic E-state index is 11.7. The lowest BCUT2D eigenvalue weighted by Crippen LogP contribution is -2.30. The van der Waals surface area contributed by atoms with Gasteiger partial charge < -0.3 is 10.4 Å². The molecule has 0 saturated carbocycles. The number of fused-ring (bicyclic) bond motifs is 3. The third-order valence-corrected chi connectivity index (χ3v) is 5.88. The number of carboxylic acid groups (broad SMARTS) is 1. The third kappa shape index (κ3) is 2.60. The number of halogens is 2. The van der Waals surface area contributed by atoms with Gasteiger partial charge in [0.25, 0.3) is 0 Å². The van der Waals surface area contributed by atoms with Crippen LogP contribution in [0.25, 0.3) is 0 Å². The van der Waals surface area contributed by atoms with Crippen LogP contribution >= 0.6 is 31.9 Å². The first kappa shape index (κ1) is 15.9. The molecule has 0 aromatic heterocycles. The van der Waals surface area contributed by atoms with Gasteiger partial charge >= 0.3 is 5.97 Å². The zero-order chi connectivity index (χ0) is 16.8. The second-order valence-electron chi connectivity index (χ2n) is 6.25. The van der Waals surface area contributed by atoms with E-state index in [1.54, 1.807) is 6.07 Å². The fourth-order valence-corrected chi connectivity index (χ4v) is 4.57. The number of benzene rings is 2. The van der Waals surface area contributed by atoms with Crippen LogP contribution in [0.1, 0.15) is 39.9 Å². The summed E-state index contributed by atoms with van der Waals surface area (Å²) in [6, 6.07) is 12.1. The normalized spacial score (nSPS) is 24.2. The molecule has 5 heteroatoms. The zero-order valence-corrected chi connectivity index (χ0v) is 15.8. The quantitative estimate of drug-likeness (QED) is 0.576. The number of anilines is 1. The molecule has 3 nitrogen and oxygen atoms in total. The van der Waals surface area contributed by atoms with E-state index in [0.29, 0.717) is 11.5 Å². The van der Waals surface area contributed by atoms with Gasteiger partial charge in [-0.2, -0.15) is 0 Å². The van der Waals surface area contributed by atoms with Crippen molar-refractivity contribution in [3.8, 4) is 0 Å². The molecule has 1 aliphatic carbocycles. The van der Waals surface area contributed by atoms with Gasteiger partial charge in [-0.05, 0) is 47.7 Å². The van der Waals surface area contributed by atoms with E-state index in [1.807, 2.05) is 18.2 Å². The van der Waals surface area contributed by atoms with Crippen LogP contribution in [0, 0.1) is 5.92 Å². The van der Waals surface area contributed by atoms with Crippen molar-refractivity contribution in [2.45, 2.75) is 18.4 Å². The summed E-state index contributed by atoms with van der Waals surface area (Å²) in [6.07, 6.45) is 5.42. The molecule has 0 spiro atoms. The Balaban J connectivity index is 1.86. The number of hydrogen-bond acceptors (Lipinski definition) is 2. The van der Waals surface area contributed by atoms with E-state index < -0.39 is 5.97 Å². The molecule has 0 amide bonds. The highest BCUT2D eigenvalue weighted by atomic mass is 79.9. The number of nitrogens with one attached hydrogen (secondary N) is 1. The zero-order valence-electron chi connectivity index (χ0n) is 12.7. The van der Waals surface area contributed by atoms with Crippen LogP contribution in [0.5, 0.6) is 0 Å². The van der Waals surface area contributed by atoms with Crippen molar-refractivity contribution in [1.82, 2.24) is 0 Å². The molecular formula is C19H15Br2NO2. The third-order valence-electron chi connectivity index (χ3n) is 4.89. The van der Waals surface area contributed by atoms with E-state index in [-0.39, 0.29) is 12.0 Å². The van der Waals surface area contributed by atoms with E-state index in [2.05, 4.69) is 61.5 Å². The first-order chi connectivity index (χ1) is 11.5. The van der Waals surface area contributed by atoms with E-state index in [9.17, 15) is 9.90 Å². The molecule has 24 heavy (non-hydrogen) atoms. The van der Waals surface area contributed by atoms with Gasteiger partial charge in [-0.25, -0.2) is 4.79 Å². The van der Waals surface area contributed by atoms with Crippen LogP contribution in [-0.4, -0.2) is 11.1 Å². The first-order valence-corrected chi connectivity index (χ1v) is 9.38. The Morgan fingerprint density at radius 1 is 1.12 bits per heavy atom. The van der Waals surface area contributed by atoms with E-state index in [1.165, 1.54) is 5.56 Å². The highest BCUT2D eigenvalue weighted by molar-refractivity contribution is 9.10. The topological polar surface area (TPSA) is 49.3 Å². The predicted octanol–water partition coefficient (Wildman–Crippen LogP) is 5.74. The summed E-state index contributed by atoms with van der Waals surface area (Å²) in [5.74, 6) is -0.268. The van der Waals surface area contributed by atoms with Crippen molar-refractivity contribution in [3.05, 3.63) is 74.2 Å². The standard InChI is InChI=1S/C19H15Br2NO2/c20-11-6-4-10(5-7-11)17-14-3-1-2-13(14)15-8-12(21)9-16(19(23)24)18(15)22-17/h1-2,4-9,13-14,17,22H,3H2,(H,23,24)/t13-,14-,17-/m0/s1.